The molecule has 0 unspecified atom stereocenters. The SMILES string of the molecule is CC(C)CCN1[C@@H]2CCCC[C@@H]2C[C@H]1C(=O)O. The molecule has 0 aromatic heterocycles. The maximum absolute atomic E-state index is 11.4. The lowest BCUT2D eigenvalue weighted by Crippen LogP contribution is -2.43. The number of hydrogen-bond donors (Lipinski definition) is 1. The van der Waals surface area contributed by atoms with Crippen LogP contribution >= 0.6 is 0 Å². The molecular formula is C14H25NO2. The number of carbonyl (C=O) groups is 1. The predicted molar refractivity (Wildman–Crippen MR) is 67.9 cm³/mol. The second-order valence-electron chi connectivity index (χ2n) is 6.12. The first kappa shape index (κ1) is 12.9. The number of nitrogens with zero attached hydrogens (tertiary/aromatic N) is 1. The summed E-state index contributed by atoms with van der Waals surface area (Å²) in [6.45, 7) is 5.39. The van der Waals surface area contributed by atoms with Gasteiger partial charge in [0.25, 0.3) is 0 Å². The Hall–Kier alpha value is -0.570. The van der Waals surface area contributed by atoms with Gasteiger partial charge in [-0.1, -0.05) is 26.7 Å². The molecule has 1 aliphatic heterocycles. The van der Waals surface area contributed by atoms with Crippen LogP contribution in [0.2, 0.25) is 0 Å². The Bertz CT molecular complexity index is 277. The van der Waals surface area contributed by atoms with Crippen LogP contribution in [0, 0.1) is 11.8 Å². The zero-order chi connectivity index (χ0) is 12.4. The topological polar surface area (TPSA) is 40.5 Å². The number of aliphatic carboxylic acids is 1. The number of carboxylic acids is 1. The standard InChI is InChI=1S/C14H25NO2/c1-10(2)7-8-15-12-6-4-3-5-11(12)9-13(15)14(16)17/h10-13H,3-9H2,1-2H3,(H,16,17)/t11-,12-,13+/m1/s1. The maximum atomic E-state index is 11.4. The van der Waals surface area contributed by atoms with Crippen molar-refractivity contribution < 1.29 is 9.90 Å². The summed E-state index contributed by atoms with van der Waals surface area (Å²) < 4.78 is 0. The van der Waals surface area contributed by atoms with Gasteiger partial charge in [-0.3, -0.25) is 9.69 Å². The summed E-state index contributed by atoms with van der Waals surface area (Å²) >= 11 is 0. The molecule has 2 fully saturated rings. The lowest BCUT2D eigenvalue weighted by molar-refractivity contribution is -0.142. The van der Waals surface area contributed by atoms with Gasteiger partial charge in [-0.05, 0) is 44.1 Å². The molecule has 1 N–H and O–H groups in total. The van der Waals surface area contributed by atoms with Crippen LogP contribution in [0.1, 0.15) is 52.4 Å². The van der Waals surface area contributed by atoms with E-state index in [2.05, 4.69) is 18.7 Å². The minimum Gasteiger partial charge on any atom is -0.480 e. The van der Waals surface area contributed by atoms with Gasteiger partial charge in [-0.15, -0.1) is 0 Å². The Balaban J connectivity index is 2.03. The van der Waals surface area contributed by atoms with Crippen LogP contribution in [-0.2, 0) is 4.79 Å². The fourth-order valence-electron chi connectivity index (χ4n) is 3.52. The van der Waals surface area contributed by atoms with Crippen LogP contribution in [-0.4, -0.2) is 34.6 Å². The molecule has 3 atom stereocenters. The smallest absolute Gasteiger partial charge is 0.320 e. The van der Waals surface area contributed by atoms with E-state index in [1.54, 1.807) is 0 Å². The highest BCUT2D eigenvalue weighted by Gasteiger charge is 2.44. The summed E-state index contributed by atoms with van der Waals surface area (Å²) in [5.41, 5.74) is 0. The highest BCUT2D eigenvalue weighted by atomic mass is 16.4. The minimum atomic E-state index is -0.608. The summed E-state index contributed by atoms with van der Waals surface area (Å²) in [4.78, 5) is 13.7. The molecule has 3 nitrogen and oxygen atoms in total. The van der Waals surface area contributed by atoms with Crippen LogP contribution < -0.4 is 0 Å². The van der Waals surface area contributed by atoms with E-state index in [0.29, 0.717) is 17.9 Å². The summed E-state index contributed by atoms with van der Waals surface area (Å²) in [6, 6.07) is 0.352. The first-order valence-corrected chi connectivity index (χ1v) is 7.08. The zero-order valence-electron chi connectivity index (χ0n) is 11.1. The molecule has 0 aromatic carbocycles. The van der Waals surface area contributed by atoms with Crippen LogP contribution in [0.3, 0.4) is 0 Å². The molecule has 3 heteroatoms. The van der Waals surface area contributed by atoms with Crippen LogP contribution in [0.15, 0.2) is 0 Å². The summed E-state index contributed by atoms with van der Waals surface area (Å²) in [6.07, 6.45) is 7.04. The Morgan fingerprint density at radius 2 is 2.06 bits per heavy atom. The van der Waals surface area contributed by atoms with E-state index in [1.807, 2.05) is 0 Å². The molecular weight excluding hydrogens is 214 g/mol. The van der Waals surface area contributed by atoms with Crippen molar-refractivity contribution in [2.45, 2.75) is 64.5 Å². The molecule has 0 spiro atoms. The Morgan fingerprint density at radius 3 is 2.71 bits per heavy atom. The van der Waals surface area contributed by atoms with Crippen molar-refractivity contribution in [2.24, 2.45) is 11.8 Å². The van der Waals surface area contributed by atoms with Gasteiger partial charge in [0, 0.05) is 6.04 Å². The Kier molecular flexibility index (Phi) is 4.08. The largest absolute Gasteiger partial charge is 0.480 e. The van der Waals surface area contributed by atoms with Gasteiger partial charge in [0.1, 0.15) is 6.04 Å². The molecule has 2 rings (SSSR count). The van der Waals surface area contributed by atoms with Gasteiger partial charge < -0.3 is 5.11 Å². The zero-order valence-corrected chi connectivity index (χ0v) is 11.1. The number of rotatable bonds is 4. The minimum absolute atomic E-state index is 0.207. The predicted octanol–water partition coefficient (Wildman–Crippen LogP) is 2.75. The molecule has 1 aliphatic carbocycles. The summed E-state index contributed by atoms with van der Waals surface area (Å²) in [5, 5.41) is 9.35. The van der Waals surface area contributed by atoms with Crippen molar-refractivity contribution in [3.8, 4) is 0 Å². The van der Waals surface area contributed by atoms with E-state index in [1.165, 1.54) is 25.7 Å². The highest BCUT2D eigenvalue weighted by molar-refractivity contribution is 5.74. The molecule has 1 saturated heterocycles. The average Bonchev–Trinajstić information content (AvgIpc) is 2.65. The third kappa shape index (κ3) is 2.82. The molecule has 0 radical (unpaired) electrons. The van der Waals surface area contributed by atoms with E-state index < -0.39 is 5.97 Å². The van der Waals surface area contributed by atoms with Crippen LogP contribution in [0.5, 0.6) is 0 Å². The molecule has 0 bridgehead atoms. The van der Waals surface area contributed by atoms with E-state index in [0.717, 1.165) is 19.4 Å². The molecule has 17 heavy (non-hydrogen) atoms. The summed E-state index contributed by atoms with van der Waals surface area (Å²) in [7, 11) is 0. The maximum Gasteiger partial charge on any atom is 0.320 e. The lowest BCUT2D eigenvalue weighted by atomic mass is 9.84. The van der Waals surface area contributed by atoms with E-state index in [-0.39, 0.29) is 6.04 Å². The van der Waals surface area contributed by atoms with Gasteiger partial charge in [0.2, 0.25) is 0 Å². The van der Waals surface area contributed by atoms with E-state index in [9.17, 15) is 9.90 Å². The molecule has 2 aliphatic rings. The quantitative estimate of drug-likeness (QED) is 0.820. The van der Waals surface area contributed by atoms with E-state index in [4.69, 9.17) is 0 Å². The van der Waals surface area contributed by atoms with Crippen LogP contribution in [0.4, 0.5) is 0 Å². The molecule has 0 aromatic rings. The van der Waals surface area contributed by atoms with Gasteiger partial charge in [0.15, 0.2) is 0 Å². The molecule has 0 amide bonds. The summed E-state index contributed by atoms with van der Waals surface area (Å²) in [5.74, 6) is 0.701. The third-order valence-corrected chi connectivity index (χ3v) is 4.47. The third-order valence-electron chi connectivity index (χ3n) is 4.47. The fourth-order valence-corrected chi connectivity index (χ4v) is 3.52. The van der Waals surface area contributed by atoms with Crippen molar-refractivity contribution in [3.05, 3.63) is 0 Å². The van der Waals surface area contributed by atoms with Crippen molar-refractivity contribution in [1.29, 1.82) is 0 Å². The van der Waals surface area contributed by atoms with Gasteiger partial charge in [-0.2, -0.15) is 0 Å². The van der Waals surface area contributed by atoms with Crippen molar-refractivity contribution >= 4 is 5.97 Å². The van der Waals surface area contributed by atoms with Gasteiger partial charge in [-0.25, -0.2) is 0 Å². The van der Waals surface area contributed by atoms with Crippen molar-refractivity contribution in [1.82, 2.24) is 4.90 Å². The van der Waals surface area contributed by atoms with Crippen molar-refractivity contribution in [3.63, 3.8) is 0 Å². The Morgan fingerprint density at radius 1 is 1.35 bits per heavy atom. The van der Waals surface area contributed by atoms with Gasteiger partial charge >= 0.3 is 5.97 Å². The monoisotopic (exact) mass is 239 g/mol. The van der Waals surface area contributed by atoms with E-state index >= 15 is 0 Å². The lowest BCUT2D eigenvalue weighted by Gasteiger charge is -2.33. The number of hydrogen-bond acceptors (Lipinski definition) is 2. The first-order valence-electron chi connectivity index (χ1n) is 7.08. The number of likely N-dealkylation sites (tertiary alicyclic amines) is 1. The Labute approximate surface area is 104 Å². The first-order chi connectivity index (χ1) is 8.09. The highest BCUT2D eigenvalue weighted by Crippen LogP contribution is 2.39. The normalized spacial score (nSPS) is 33.9. The second kappa shape index (κ2) is 5.38. The fraction of sp³-hybridized carbons (Fsp3) is 0.929. The molecule has 1 saturated carbocycles. The second-order valence-corrected chi connectivity index (χ2v) is 6.12. The van der Waals surface area contributed by atoms with Crippen LogP contribution in [0.25, 0.3) is 0 Å². The molecule has 98 valence electrons. The number of fused-ring (bicyclic) bond motifs is 1. The molecule has 1 heterocycles. The van der Waals surface area contributed by atoms with Crippen molar-refractivity contribution in [2.75, 3.05) is 6.54 Å². The average molecular weight is 239 g/mol. The number of carboxylic acid groups (broad SMARTS) is 1. The van der Waals surface area contributed by atoms with Gasteiger partial charge in [0.05, 0.1) is 0 Å².